The minimum absolute atomic E-state index is 0.0117. The maximum Gasteiger partial charge on any atom is 0.515 e. The number of alkyl halides is 3. The summed E-state index contributed by atoms with van der Waals surface area (Å²) in [6.07, 6.45) is -5.13. The van der Waals surface area contributed by atoms with E-state index < -0.39 is 54.1 Å². The molecule has 0 aliphatic rings. The first-order valence-corrected chi connectivity index (χ1v) is 10.6. The van der Waals surface area contributed by atoms with E-state index in [2.05, 4.69) is 10.1 Å². The normalized spacial score (nSPS) is 14.3. The topological polar surface area (TPSA) is 130 Å². The molecule has 2 rings (SSSR count). The van der Waals surface area contributed by atoms with Gasteiger partial charge in [0.05, 0.1) is 16.6 Å². The van der Waals surface area contributed by atoms with Gasteiger partial charge >= 0.3 is 31.5 Å². The zero-order valence-corrected chi connectivity index (χ0v) is 17.9. The van der Waals surface area contributed by atoms with E-state index in [1.165, 1.54) is 31.2 Å². The molecule has 174 valence electrons. The van der Waals surface area contributed by atoms with Crippen LogP contribution in [0.25, 0.3) is 0 Å². The van der Waals surface area contributed by atoms with E-state index in [9.17, 15) is 32.6 Å². The summed E-state index contributed by atoms with van der Waals surface area (Å²) >= 11 is 0. The number of esters is 1. The number of halogens is 3. The van der Waals surface area contributed by atoms with Crippen LogP contribution in [0, 0.1) is 10.1 Å². The highest BCUT2D eigenvalue weighted by molar-refractivity contribution is 7.52. The van der Waals surface area contributed by atoms with Crippen molar-refractivity contribution in [3.05, 3.63) is 58.3 Å². The second kappa shape index (κ2) is 9.96. The van der Waals surface area contributed by atoms with Crippen molar-refractivity contribution in [3.8, 4) is 11.6 Å². The van der Waals surface area contributed by atoms with Crippen molar-refractivity contribution >= 4 is 19.4 Å². The molecule has 14 heteroatoms. The second-order valence-corrected chi connectivity index (χ2v) is 8.25. The summed E-state index contributed by atoms with van der Waals surface area (Å²) in [7, 11) is -4.64. The maximum absolute atomic E-state index is 13.4. The minimum atomic E-state index is -4.91. The Hall–Kier alpha value is -3.18. The summed E-state index contributed by atoms with van der Waals surface area (Å²) in [6.45, 7) is 4.43. The fourth-order valence-electron chi connectivity index (χ4n) is 2.23. The van der Waals surface area contributed by atoms with Gasteiger partial charge in [-0.05, 0) is 32.9 Å². The van der Waals surface area contributed by atoms with Gasteiger partial charge in [-0.25, -0.2) is 9.55 Å². The first-order chi connectivity index (χ1) is 14.8. The van der Waals surface area contributed by atoms with Gasteiger partial charge in [-0.1, -0.05) is 18.2 Å². The molecule has 0 saturated heterocycles. The van der Waals surface area contributed by atoms with Gasteiger partial charge in [0.2, 0.25) is 0 Å². The lowest BCUT2D eigenvalue weighted by Crippen LogP contribution is -2.37. The number of benzene rings is 1. The zero-order valence-electron chi connectivity index (χ0n) is 17.0. The quantitative estimate of drug-likeness (QED) is 0.240. The average Bonchev–Trinajstić information content (AvgIpc) is 2.67. The van der Waals surface area contributed by atoms with E-state index in [0.29, 0.717) is 0 Å². The molecule has 0 aliphatic heterocycles. The van der Waals surface area contributed by atoms with E-state index >= 15 is 0 Å². The van der Waals surface area contributed by atoms with Crippen LogP contribution < -0.4 is 14.1 Å². The lowest BCUT2D eigenvalue weighted by molar-refractivity contribution is -0.386. The van der Waals surface area contributed by atoms with Crippen LogP contribution in [-0.2, 0) is 20.3 Å². The van der Waals surface area contributed by atoms with Gasteiger partial charge in [-0.15, -0.1) is 0 Å². The Bertz CT molecular complexity index is 1020. The monoisotopic (exact) mass is 477 g/mol. The van der Waals surface area contributed by atoms with Crippen molar-refractivity contribution in [1.29, 1.82) is 0 Å². The molecule has 1 heterocycles. The van der Waals surface area contributed by atoms with Crippen molar-refractivity contribution in [2.75, 3.05) is 0 Å². The smallest absolute Gasteiger partial charge is 0.462 e. The van der Waals surface area contributed by atoms with E-state index in [0.717, 1.165) is 0 Å². The Morgan fingerprint density at radius 3 is 2.34 bits per heavy atom. The summed E-state index contributed by atoms with van der Waals surface area (Å²) in [5.41, 5.74) is -2.60. The fraction of sp³-hybridized carbons (Fsp3) is 0.333. The molecule has 0 amide bonds. The Labute approximate surface area is 180 Å². The van der Waals surface area contributed by atoms with Gasteiger partial charge < -0.3 is 13.8 Å². The molecular weight excluding hydrogens is 458 g/mol. The molecule has 0 bridgehead atoms. The summed E-state index contributed by atoms with van der Waals surface area (Å²) < 4.78 is 67.5. The van der Waals surface area contributed by atoms with Crippen molar-refractivity contribution in [2.45, 2.75) is 39.1 Å². The number of rotatable bonds is 9. The standard InChI is InChI=1S/C18H19F3N3O7P/c1-11(2)29-17(25)12(3)23-32(28,30-14-7-5-4-6-8-14)31-16-15(24(26)27)9-13(10-22-16)18(19,20)21/h4-12H,1-3H3,(H,23,28)/t12-,32?/m0/s1. The van der Waals surface area contributed by atoms with Crippen LogP contribution in [0.15, 0.2) is 42.6 Å². The highest BCUT2D eigenvalue weighted by atomic mass is 31.2. The number of nitrogens with one attached hydrogen (secondary N) is 1. The third kappa shape index (κ3) is 6.92. The van der Waals surface area contributed by atoms with Gasteiger partial charge in [-0.3, -0.25) is 14.9 Å². The highest BCUT2D eigenvalue weighted by Gasteiger charge is 2.39. The fourth-order valence-corrected chi connectivity index (χ4v) is 3.72. The Kier molecular flexibility index (Phi) is 7.81. The Morgan fingerprint density at radius 2 is 1.81 bits per heavy atom. The number of aromatic nitrogens is 1. The van der Waals surface area contributed by atoms with Crippen LogP contribution in [0.5, 0.6) is 11.6 Å². The molecule has 0 spiro atoms. The summed E-state index contributed by atoms with van der Waals surface area (Å²) in [6, 6.07) is 6.33. The lowest BCUT2D eigenvalue weighted by Gasteiger charge is -2.23. The Balaban J connectivity index is 2.43. The van der Waals surface area contributed by atoms with Gasteiger partial charge in [-0.2, -0.15) is 18.3 Å². The number of hydrogen-bond donors (Lipinski definition) is 1. The van der Waals surface area contributed by atoms with Crippen molar-refractivity contribution in [2.24, 2.45) is 0 Å². The summed E-state index contributed by atoms with van der Waals surface area (Å²) in [4.78, 5) is 25.5. The van der Waals surface area contributed by atoms with Crippen LogP contribution in [0.1, 0.15) is 26.3 Å². The summed E-state index contributed by atoms with van der Waals surface area (Å²) in [5.74, 6) is -1.85. The number of carbonyl (C=O) groups excluding carboxylic acids is 1. The molecular formula is C18H19F3N3O7P. The molecule has 32 heavy (non-hydrogen) atoms. The second-order valence-electron chi connectivity index (χ2n) is 6.63. The Morgan fingerprint density at radius 1 is 1.19 bits per heavy atom. The number of hydrogen-bond acceptors (Lipinski definition) is 8. The molecule has 0 radical (unpaired) electrons. The largest absolute Gasteiger partial charge is 0.515 e. The number of ether oxygens (including phenoxy) is 1. The molecule has 2 aromatic rings. The summed E-state index contributed by atoms with van der Waals surface area (Å²) in [5, 5.41) is 13.5. The number of nitrogens with zero attached hydrogens (tertiary/aromatic N) is 2. The number of para-hydroxylation sites is 1. The van der Waals surface area contributed by atoms with Crippen molar-refractivity contribution in [1.82, 2.24) is 10.1 Å². The van der Waals surface area contributed by atoms with E-state index in [1.807, 2.05) is 0 Å². The van der Waals surface area contributed by atoms with Crippen LogP contribution >= 0.6 is 7.75 Å². The molecule has 1 N–H and O–H groups in total. The highest BCUT2D eigenvalue weighted by Crippen LogP contribution is 2.47. The molecule has 1 unspecified atom stereocenters. The molecule has 0 fully saturated rings. The lowest BCUT2D eigenvalue weighted by atomic mass is 10.2. The van der Waals surface area contributed by atoms with Gasteiger partial charge in [0.25, 0.3) is 0 Å². The van der Waals surface area contributed by atoms with Crippen LogP contribution in [0.2, 0.25) is 0 Å². The zero-order chi connectivity index (χ0) is 24.1. The number of carbonyl (C=O) groups is 1. The first-order valence-electron chi connectivity index (χ1n) is 9.05. The molecule has 1 aromatic carbocycles. The van der Waals surface area contributed by atoms with Gasteiger partial charge in [0.1, 0.15) is 11.8 Å². The van der Waals surface area contributed by atoms with Crippen LogP contribution in [-0.4, -0.2) is 28.0 Å². The predicted molar refractivity (Wildman–Crippen MR) is 105 cm³/mol. The molecule has 10 nitrogen and oxygen atoms in total. The SMILES string of the molecule is CC(C)OC(=O)[C@H](C)NP(=O)(Oc1ccccc1)Oc1ncc(C(F)(F)F)cc1[N+](=O)[O-]. The maximum atomic E-state index is 13.4. The first kappa shape index (κ1) is 25.1. The van der Waals surface area contributed by atoms with Crippen molar-refractivity contribution in [3.63, 3.8) is 0 Å². The molecule has 0 aliphatic carbocycles. The number of nitro groups is 1. The van der Waals surface area contributed by atoms with Crippen molar-refractivity contribution < 1.29 is 41.2 Å². The molecule has 2 atom stereocenters. The van der Waals surface area contributed by atoms with E-state index in [1.54, 1.807) is 19.9 Å². The average molecular weight is 477 g/mol. The minimum Gasteiger partial charge on any atom is -0.462 e. The molecule has 0 saturated carbocycles. The van der Waals surface area contributed by atoms with Crippen LogP contribution in [0.4, 0.5) is 18.9 Å². The predicted octanol–water partition coefficient (Wildman–Crippen LogP) is 4.50. The third-order valence-electron chi connectivity index (χ3n) is 3.59. The number of pyridine rings is 1. The molecule has 1 aromatic heterocycles. The van der Waals surface area contributed by atoms with Gasteiger partial charge in [0.15, 0.2) is 0 Å². The van der Waals surface area contributed by atoms with Gasteiger partial charge in [0, 0.05) is 12.3 Å². The van der Waals surface area contributed by atoms with E-state index in [-0.39, 0.29) is 18.0 Å². The van der Waals surface area contributed by atoms with Crippen LogP contribution in [0.3, 0.4) is 0 Å². The third-order valence-corrected chi connectivity index (χ3v) is 5.16. The van der Waals surface area contributed by atoms with E-state index in [4.69, 9.17) is 13.8 Å².